The van der Waals surface area contributed by atoms with Gasteiger partial charge in [0, 0.05) is 19.0 Å². The molecule has 100 valence electrons. The molecule has 1 saturated heterocycles. The molecular formula is C15H17NO3. The summed E-state index contributed by atoms with van der Waals surface area (Å²) >= 11 is 0. The monoisotopic (exact) mass is 259 g/mol. The summed E-state index contributed by atoms with van der Waals surface area (Å²) in [4.78, 5) is 24.9. The molecule has 2 atom stereocenters. The van der Waals surface area contributed by atoms with E-state index in [1.54, 1.807) is 0 Å². The van der Waals surface area contributed by atoms with Gasteiger partial charge in [-0.05, 0) is 24.0 Å². The molecule has 1 aromatic rings. The lowest BCUT2D eigenvalue weighted by molar-refractivity contribution is -0.141. The third-order valence-corrected chi connectivity index (χ3v) is 3.94. The minimum absolute atomic E-state index is 0.0267. The van der Waals surface area contributed by atoms with E-state index in [2.05, 4.69) is 12.1 Å². The van der Waals surface area contributed by atoms with Crippen LogP contribution in [-0.4, -0.2) is 36.3 Å². The molecule has 0 saturated carbocycles. The third-order valence-electron chi connectivity index (χ3n) is 3.94. The molecule has 19 heavy (non-hydrogen) atoms. The molecule has 1 unspecified atom stereocenters. The highest BCUT2D eigenvalue weighted by molar-refractivity contribution is 5.82. The lowest BCUT2D eigenvalue weighted by atomic mass is 9.99. The minimum atomic E-state index is -0.430. The van der Waals surface area contributed by atoms with Gasteiger partial charge < -0.3 is 14.4 Å². The molecule has 0 bridgehead atoms. The Morgan fingerprint density at radius 2 is 2.11 bits per heavy atom. The van der Waals surface area contributed by atoms with E-state index in [4.69, 9.17) is 4.74 Å². The van der Waals surface area contributed by atoms with Gasteiger partial charge in [0.05, 0.1) is 6.61 Å². The number of carbonyl (C=O) groups is 2. The van der Waals surface area contributed by atoms with E-state index in [0.717, 1.165) is 19.3 Å². The van der Waals surface area contributed by atoms with Crippen LogP contribution in [0.3, 0.4) is 0 Å². The first-order chi connectivity index (χ1) is 9.28. The molecule has 1 amide bonds. The van der Waals surface area contributed by atoms with Crippen LogP contribution in [0, 0.1) is 5.92 Å². The molecule has 2 heterocycles. The minimum Gasteiger partial charge on any atom is -0.368 e. The van der Waals surface area contributed by atoms with Gasteiger partial charge in [-0.1, -0.05) is 24.3 Å². The second kappa shape index (κ2) is 5.13. The second-order valence-corrected chi connectivity index (χ2v) is 5.23. The first kappa shape index (κ1) is 12.4. The van der Waals surface area contributed by atoms with Crippen LogP contribution in [0.25, 0.3) is 0 Å². The van der Waals surface area contributed by atoms with Gasteiger partial charge in [-0.25, -0.2) is 0 Å². The number of amides is 1. The molecule has 3 rings (SSSR count). The van der Waals surface area contributed by atoms with Crippen LogP contribution in [0.4, 0.5) is 0 Å². The quantitative estimate of drug-likeness (QED) is 0.749. The normalized spacial score (nSPS) is 26.0. The van der Waals surface area contributed by atoms with Gasteiger partial charge in [-0.3, -0.25) is 4.79 Å². The number of benzene rings is 1. The standard InChI is InChI=1S/C15H17NO3/c17-9-11-7-14(19-10-11)15(18)16-6-5-12-3-1-2-4-13(12)8-16/h1-4,9,11,14H,5-8,10H2/t11?,14-/m0/s1. The molecule has 4 nitrogen and oxygen atoms in total. The summed E-state index contributed by atoms with van der Waals surface area (Å²) in [7, 11) is 0. The molecule has 0 radical (unpaired) electrons. The molecule has 0 aromatic heterocycles. The van der Waals surface area contributed by atoms with E-state index in [9.17, 15) is 9.59 Å². The maximum Gasteiger partial charge on any atom is 0.252 e. The molecule has 1 fully saturated rings. The van der Waals surface area contributed by atoms with E-state index in [0.29, 0.717) is 19.6 Å². The van der Waals surface area contributed by atoms with Gasteiger partial charge in [0.15, 0.2) is 0 Å². The fraction of sp³-hybridized carbons (Fsp3) is 0.467. The Labute approximate surface area is 112 Å². The zero-order chi connectivity index (χ0) is 13.2. The summed E-state index contributed by atoms with van der Waals surface area (Å²) in [6.07, 6.45) is 1.88. The van der Waals surface area contributed by atoms with Gasteiger partial charge in [-0.15, -0.1) is 0 Å². The van der Waals surface area contributed by atoms with E-state index < -0.39 is 6.10 Å². The highest BCUT2D eigenvalue weighted by atomic mass is 16.5. The Morgan fingerprint density at radius 1 is 1.32 bits per heavy atom. The zero-order valence-corrected chi connectivity index (χ0v) is 10.7. The van der Waals surface area contributed by atoms with Crippen molar-refractivity contribution in [1.82, 2.24) is 4.90 Å². The van der Waals surface area contributed by atoms with Crippen molar-refractivity contribution in [2.24, 2.45) is 5.92 Å². The van der Waals surface area contributed by atoms with Crippen molar-refractivity contribution < 1.29 is 14.3 Å². The number of carbonyl (C=O) groups excluding carboxylic acids is 2. The summed E-state index contributed by atoms with van der Waals surface area (Å²) in [6, 6.07) is 8.22. The average Bonchev–Trinajstić information content (AvgIpc) is 2.95. The lowest BCUT2D eigenvalue weighted by Gasteiger charge is -2.30. The highest BCUT2D eigenvalue weighted by Crippen LogP contribution is 2.23. The SMILES string of the molecule is O=CC1CO[C@H](C(=O)N2CCc3ccccc3C2)C1. The summed E-state index contributed by atoms with van der Waals surface area (Å²) in [6.45, 7) is 1.77. The molecule has 0 aliphatic carbocycles. The van der Waals surface area contributed by atoms with Gasteiger partial charge >= 0.3 is 0 Å². The fourth-order valence-electron chi connectivity index (χ4n) is 2.81. The van der Waals surface area contributed by atoms with Crippen LogP contribution < -0.4 is 0 Å². The Morgan fingerprint density at radius 3 is 2.84 bits per heavy atom. The molecular weight excluding hydrogens is 242 g/mol. The van der Waals surface area contributed by atoms with Crippen LogP contribution >= 0.6 is 0 Å². The Bertz CT molecular complexity index is 500. The number of hydrogen-bond acceptors (Lipinski definition) is 3. The highest BCUT2D eigenvalue weighted by Gasteiger charge is 2.34. The van der Waals surface area contributed by atoms with Gasteiger partial charge in [0.25, 0.3) is 5.91 Å². The Kier molecular flexibility index (Phi) is 3.34. The topological polar surface area (TPSA) is 46.6 Å². The van der Waals surface area contributed by atoms with Crippen molar-refractivity contribution in [1.29, 1.82) is 0 Å². The predicted octanol–water partition coefficient (Wildman–Crippen LogP) is 1.18. The molecule has 2 aliphatic heterocycles. The van der Waals surface area contributed by atoms with E-state index in [1.807, 2.05) is 17.0 Å². The van der Waals surface area contributed by atoms with Crippen molar-refractivity contribution in [3.05, 3.63) is 35.4 Å². The van der Waals surface area contributed by atoms with E-state index in [-0.39, 0.29) is 11.8 Å². The summed E-state index contributed by atoms with van der Waals surface area (Å²) in [5, 5.41) is 0. The fourth-order valence-corrected chi connectivity index (χ4v) is 2.81. The van der Waals surface area contributed by atoms with Crippen LogP contribution in [0.1, 0.15) is 17.5 Å². The van der Waals surface area contributed by atoms with Crippen molar-refractivity contribution >= 4 is 12.2 Å². The molecule has 4 heteroatoms. The van der Waals surface area contributed by atoms with Crippen LogP contribution in [0.2, 0.25) is 0 Å². The Hall–Kier alpha value is -1.68. The smallest absolute Gasteiger partial charge is 0.252 e. The number of ether oxygens (including phenoxy) is 1. The predicted molar refractivity (Wildman–Crippen MR) is 69.5 cm³/mol. The maximum absolute atomic E-state index is 12.4. The van der Waals surface area contributed by atoms with Crippen molar-refractivity contribution in [3.8, 4) is 0 Å². The van der Waals surface area contributed by atoms with Crippen LogP contribution in [0.5, 0.6) is 0 Å². The Balaban J connectivity index is 1.68. The first-order valence-electron chi connectivity index (χ1n) is 6.70. The number of nitrogens with zero attached hydrogens (tertiary/aromatic N) is 1. The van der Waals surface area contributed by atoms with Crippen molar-refractivity contribution in [2.75, 3.05) is 13.2 Å². The second-order valence-electron chi connectivity index (χ2n) is 5.23. The summed E-state index contributed by atoms with van der Waals surface area (Å²) < 4.78 is 5.44. The molecule has 0 N–H and O–H groups in total. The van der Waals surface area contributed by atoms with Crippen molar-refractivity contribution in [2.45, 2.75) is 25.5 Å². The molecule has 1 aromatic carbocycles. The summed E-state index contributed by atoms with van der Waals surface area (Å²) in [5.41, 5.74) is 2.54. The largest absolute Gasteiger partial charge is 0.368 e. The zero-order valence-electron chi connectivity index (χ0n) is 10.7. The number of rotatable bonds is 2. The van der Waals surface area contributed by atoms with E-state index in [1.165, 1.54) is 11.1 Å². The number of fused-ring (bicyclic) bond motifs is 1. The average molecular weight is 259 g/mol. The van der Waals surface area contributed by atoms with Crippen molar-refractivity contribution in [3.63, 3.8) is 0 Å². The number of hydrogen-bond donors (Lipinski definition) is 0. The summed E-state index contributed by atoms with van der Waals surface area (Å²) in [5.74, 6) is -0.0927. The van der Waals surface area contributed by atoms with E-state index >= 15 is 0 Å². The maximum atomic E-state index is 12.4. The molecule has 2 aliphatic rings. The van der Waals surface area contributed by atoms with Crippen LogP contribution in [-0.2, 0) is 27.3 Å². The van der Waals surface area contributed by atoms with Gasteiger partial charge in [0.1, 0.15) is 12.4 Å². The molecule has 0 spiro atoms. The van der Waals surface area contributed by atoms with Gasteiger partial charge in [-0.2, -0.15) is 0 Å². The number of aldehydes is 1. The third kappa shape index (κ3) is 2.40. The first-order valence-corrected chi connectivity index (χ1v) is 6.70. The van der Waals surface area contributed by atoms with Crippen LogP contribution in [0.15, 0.2) is 24.3 Å². The lowest BCUT2D eigenvalue weighted by Crippen LogP contribution is -2.42. The van der Waals surface area contributed by atoms with Gasteiger partial charge in [0.2, 0.25) is 0 Å².